The minimum absolute atomic E-state index is 0.0101. The zero-order chi connectivity index (χ0) is 7.72. The molecule has 0 aliphatic carbocycles. The summed E-state index contributed by atoms with van der Waals surface area (Å²) in [6, 6.07) is 0. The Morgan fingerprint density at radius 3 is 2.50 bits per heavy atom. The lowest BCUT2D eigenvalue weighted by atomic mass is 10.9. The molecule has 6 heteroatoms. The van der Waals surface area contributed by atoms with Crippen LogP contribution in [0.25, 0.3) is 0 Å². The molecule has 0 saturated heterocycles. The molecule has 1 heterocycles. The van der Waals surface area contributed by atoms with Crippen molar-refractivity contribution < 1.29 is 9.90 Å². The molecule has 0 unspecified atom stereocenters. The lowest BCUT2D eigenvalue weighted by Crippen LogP contribution is -2.05. The first-order chi connectivity index (χ1) is 4.63. The van der Waals surface area contributed by atoms with E-state index in [0.717, 1.165) is 10.9 Å². The van der Waals surface area contributed by atoms with Crippen molar-refractivity contribution in [2.75, 3.05) is 0 Å². The molecule has 1 aromatic heterocycles. The number of imidazole rings is 1. The van der Waals surface area contributed by atoms with Gasteiger partial charge in [0, 0.05) is 0 Å². The van der Waals surface area contributed by atoms with E-state index < -0.39 is 6.09 Å². The molecular formula is C4H2Cl2N2O2. The second-order valence-electron chi connectivity index (χ2n) is 1.48. The predicted molar refractivity (Wildman–Crippen MR) is 35.7 cm³/mol. The van der Waals surface area contributed by atoms with Gasteiger partial charge in [0.2, 0.25) is 0 Å². The zero-order valence-electron chi connectivity index (χ0n) is 4.58. The summed E-state index contributed by atoms with van der Waals surface area (Å²) in [5, 5.41) is 8.26. The van der Waals surface area contributed by atoms with Crippen LogP contribution in [0.15, 0.2) is 6.33 Å². The summed E-state index contributed by atoms with van der Waals surface area (Å²) in [6.45, 7) is 0. The first-order valence-corrected chi connectivity index (χ1v) is 3.00. The van der Waals surface area contributed by atoms with Crippen LogP contribution in [0, 0.1) is 0 Å². The van der Waals surface area contributed by atoms with Crippen LogP contribution in [-0.4, -0.2) is 20.8 Å². The van der Waals surface area contributed by atoms with Crippen molar-refractivity contribution in [2.24, 2.45) is 0 Å². The van der Waals surface area contributed by atoms with E-state index in [1.54, 1.807) is 0 Å². The zero-order valence-corrected chi connectivity index (χ0v) is 6.10. The summed E-state index contributed by atoms with van der Waals surface area (Å²) in [5.41, 5.74) is 0. The fraction of sp³-hybridized carbons (Fsp3) is 0. The van der Waals surface area contributed by atoms with E-state index in [2.05, 4.69) is 4.98 Å². The Bertz CT molecular complexity index is 270. The quantitative estimate of drug-likeness (QED) is 0.662. The molecular weight excluding hydrogens is 179 g/mol. The minimum Gasteiger partial charge on any atom is -0.464 e. The molecule has 4 nitrogen and oxygen atoms in total. The third kappa shape index (κ3) is 1.08. The Kier molecular flexibility index (Phi) is 1.82. The summed E-state index contributed by atoms with van der Waals surface area (Å²) in [7, 11) is 0. The van der Waals surface area contributed by atoms with Crippen LogP contribution in [0.2, 0.25) is 10.3 Å². The largest absolute Gasteiger partial charge is 0.464 e. The third-order valence-corrected chi connectivity index (χ3v) is 1.61. The second-order valence-corrected chi connectivity index (χ2v) is 2.19. The molecule has 10 heavy (non-hydrogen) atoms. The van der Waals surface area contributed by atoms with Gasteiger partial charge in [0.1, 0.15) is 6.33 Å². The van der Waals surface area contributed by atoms with Crippen molar-refractivity contribution in [1.82, 2.24) is 9.55 Å². The molecule has 0 aliphatic rings. The molecule has 0 fully saturated rings. The molecule has 0 atom stereocenters. The summed E-state index contributed by atoms with van der Waals surface area (Å²) >= 11 is 10.7. The number of halogens is 2. The van der Waals surface area contributed by atoms with Crippen molar-refractivity contribution in [3.63, 3.8) is 0 Å². The average molecular weight is 181 g/mol. The number of hydrogen-bond donors (Lipinski definition) is 1. The molecule has 0 aromatic carbocycles. The number of hydrogen-bond acceptors (Lipinski definition) is 2. The van der Waals surface area contributed by atoms with Crippen LogP contribution in [0.5, 0.6) is 0 Å². The Hall–Kier alpha value is -0.740. The Morgan fingerprint density at radius 1 is 1.70 bits per heavy atom. The highest BCUT2D eigenvalue weighted by Crippen LogP contribution is 2.18. The number of nitrogens with zero attached hydrogens (tertiary/aromatic N) is 2. The van der Waals surface area contributed by atoms with E-state index in [1.165, 1.54) is 0 Å². The number of carboxylic acid groups (broad SMARTS) is 1. The number of carbonyl (C=O) groups is 1. The van der Waals surface area contributed by atoms with Crippen LogP contribution in [0.4, 0.5) is 4.79 Å². The molecule has 54 valence electrons. The number of aromatic nitrogens is 2. The molecule has 0 saturated carbocycles. The molecule has 1 aromatic rings. The van der Waals surface area contributed by atoms with Crippen molar-refractivity contribution in [3.8, 4) is 0 Å². The Morgan fingerprint density at radius 2 is 2.30 bits per heavy atom. The molecule has 0 spiro atoms. The van der Waals surface area contributed by atoms with Crippen molar-refractivity contribution in [2.45, 2.75) is 0 Å². The van der Waals surface area contributed by atoms with Crippen LogP contribution in [0.3, 0.4) is 0 Å². The van der Waals surface area contributed by atoms with Gasteiger partial charge in [0.15, 0.2) is 10.3 Å². The van der Waals surface area contributed by atoms with Gasteiger partial charge < -0.3 is 5.11 Å². The highest BCUT2D eigenvalue weighted by Gasteiger charge is 2.10. The molecule has 1 N–H and O–H groups in total. The van der Waals surface area contributed by atoms with Gasteiger partial charge in [-0.15, -0.1) is 0 Å². The smallest absolute Gasteiger partial charge is 0.418 e. The van der Waals surface area contributed by atoms with E-state index in [-0.39, 0.29) is 10.3 Å². The maximum atomic E-state index is 10.2. The van der Waals surface area contributed by atoms with Crippen molar-refractivity contribution in [1.29, 1.82) is 0 Å². The van der Waals surface area contributed by atoms with Gasteiger partial charge in [-0.1, -0.05) is 23.2 Å². The van der Waals surface area contributed by atoms with Gasteiger partial charge in [-0.2, -0.15) is 0 Å². The molecule has 0 bridgehead atoms. The van der Waals surface area contributed by atoms with Crippen molar-refractivity contribution >= 4 is 29.3 Å². The van der Waals surface area contributed by atoms with Gasteiger partial charge >= 0.3 is 6.09 Å². The van der Waals surface area contributed by atoms with E-state index >= 15 is 0 Å². The van der Waals surface area contributed by atoms with Crippen LogP contribution in [-0.2, 0) is 0 Å². The summed E-state index contributed by atoms with van der Waals surface area (Å²) in [4.78, 5) is 13.7. The molecule has 0 amide bonds. The van der Waals surface area contributed by atoms with Gasteiger partial charge in [0.25, 0.3) is 0 Å². The molecule has 1 rings (SSSR count). The third-order valence-electron chi connectivity index (χ3n) is 0.874. The van der Waals surface area contributed by atoms with E-state index in [0.29, 0.717) is 0 Å². The first kappa shape index (κ1) is 7.37. The maximum Gasteiger partial charge on any atom is 0.418 e. The maximum absolute atomic E-state index is 10.2. The lowest BCUT2D eigenvalue weighted by molar-refractivity contribution is 0.196. The highest BCUT2D eigenvalue weighted by molar-refractivity contribution is 6.41. The lowest BCUT2D eigenvalue weighted by Gasteiger charge is -1.91. The normalized spacial score (nSPS) is 9.80. The Labute approximate surface area is 66.0 Å². The van der Waals surface area contributed by atoms with Gasteiger partial charge in [0.05, 0.1) is 0 Å². The molecule has 0 radical (unpaired) electrons. The van der Waals surface area contributed by atoms with Crippen LogP contribution < -0.4 is 0 Å². The first-order valence-electron chi connectivity index (χ1n) is 2.24. The topological polar surface area (TPSA) is 55.1 Å². The SMILES string of the molecule is O=C(O)n1cnc(Cl)c1Cl. The van der Waals surface area contributed by atoms with E-state index in [9.17, 15) is 4.79 Å². The fourth-order valence-corrected chi connectivity index (χ4v) is 0.745. The van der Waals surface area contributed by atoms with Gasteiger partial charge in [-0.05, 0) is 0 Å². The predicted octanol–water partition coefficient (Wildman–Crippen LogP) is 1.72. The average Bonchev–Trinajstić information content (AvgIpc) is 2.14. The van der Waals surface area contributed by atoms with E-state index in [4.69, 9.17) is 28.3 Å². The van der Waals surface area contributed by atoms with Gasteiger partial charge in [-0.25, -0.2) is 14.3 Å². The van der Waals surface area contributed by atoms with Crippen LogP contribution >= 0.6 is 23.2 Å². The summed E-state index contributed by atoms with van der Waals surface area (Å²) < 4.78 is 0.726. The second kappa shape index (κ2) is 2.48. The number of rotatable bonds is 0. The summed E-state index contributed by atoms with van der Waals surface area (Å²) in [5.74, 6) is 0. The highest BCUT2D eigenvalue weighted by atomic mass is 35.5. The van der Waals surface area contributed by atoms with Gasteiger partial charge in [-0.3, -0.25) is 0 Å². The molecule has 0 aliphatic heterocycles. The fourth-order valence-electron chi connectivity index (χ4n) is 0.445. The standard InChI is InChI=1S/C4H2Cl2N2O2/c5-2-3(6)8(1-7-2)4(9)10/h1H,(H,9,10). The van der Waals surface area contributed by atoms with Crippen LogP contribution in [0.1, 0.15) is 0 Å². The van der Waals surface area contributed by atoms with Crippen molar-refractivity contribution in [3.05, 3.63) is 16.6 Å². The Balaban J connectivity index is 3.17. The summed E-state index contributed by atoms with van der Waals surface area (Å²) in [6.07, 6.45) is -0.170. The minimum atomic E-state index is -1.20. The monoisotopic (exact) mass is 180 g/mol. The van der Waals surface area contributed by atoms with E-state index in [1.807, 2.05) is 0 Å².